The molecule has 138 valence electrons. The number of rotatable bonds is 4. The second kappa shape index (κ2) is 7.67. The summed E-state index contributed by atoms with van der Waals surface area (Å²) in [5.74, 6) is -0.681. The van der Waals surface area contributed by atoms with Crippen LogP contribution in [0.5, 0.6) is 0 Å². The van der Waals surface area contributed by atoms with Gasteiger partial charge in [0.1, 0.15) is 5.82 Å². The van der Waals surface area contributed by atoms with Crippen LogP contribution in [0.1, 0.15) is 23.3 Å². The summed E-state index contributed by atoms with van der Waals surface area (Å²) in [6.07, 6.45) is 2.82. The second-order valence-electron chi connectivity index (χ2n) is 6.35. The van der Waals surface area contributed by atoms with Crippen LogP contribution >= 0.6 is 0 Å². The monoisotopic (exact) mass is 366 g/mol. The van der Waals surface area contributed by atoms with E-state index in [0.717, 1.165) is 5.69 Å². The Bertz CT molecular complexity index is 922. The van der Waals surface area contributed by atoms with Gasteiger partial charge in [0.25, 0.3) is 5.91 Å². The third-order valence-electron chi connectivity index (χ3n) is 4.56. The van der Waals surface area contributed by atoms with E-state index in [4.69, 9.17) is 4.74 Å². The fourth-order valence-corrected chi connectivity index (χ4v) is 3.23. The maximum Gasteiger partial charge on any atom is 0.280 e. The fourth-order valence-electron chi connectivity index (χ4n) is 3.23. The Labute approximate surface area is 156 Å². The summed E-state index contributed by atoms with van der Waals surface area (Å²) in [7, 11) is 0. The van der Waals surface area contributed by atoms with Crippen molar-refractivity contribution in [3.8, 4) is 5.69 Å². The Morgan fingerprint density at radius 2 is 1.89 bits per heavy atom. The third kappa shape index (κ3) is 3.73. The van der Waals surface area contributed by atoms with Crippen LogP contribution in [-0.2, 0) is 4.74 Å². The van der Waals surface area contributed by atoms with Gasteiger partial charge in [0, 0.05) is 24.9 Å². The van der Waals surface area contributed by atoms with Crippen molar-refractivity contribution in [1.82, 2.24) is 15.0 Å². The van der Waals surface area contributed by atoms with Gasteiger partial charge in [-0.2, -0.15) is 9.90 Å². The molecule has 7 heteroatoms. The Hall–Kier alpha value is -3.06. The van der Waals surface area contributed by atoms with Crippen molar-refractivity contribution in [3.63, 3.8) is 0 Å². The van der Waals surface area contributed by atoms with E-state index in [-0.39, 0.29) is 23.5 Å². The van der Waals surface area contributed by atoms with Gasteiger partial charge in [0.2, 0.25) is 0 Å². The summed E-state index contributed by atoms with van der Waals surface area (Å²) in [4.78, 5) is 16.3. The zero-order chi connectivity index (χ0) is 18.6. The molecule has 1 aliphatic heterocycles. The minimum Gasteiger partial charge on any atom is -0.381 e. The molecule has 0 unspecified atom stereocenters. The lowest BCUT2D eigenvalue weighted by molar-refractivity contribution is 0.0770. The average molecular weight is 366 g/mol. The van der Waals surface area contributed by atoms with E-state index in [9.17, 15) is 9.18 Å². The molecule has 27 heavy (non-hydrogen) atoms. The SMILES string of the molecule is O=C(c1cnn(-c2ccccc2)n1)N(c1cccc(F)c1)C1CCOCC1. The molecule has 0 saturated carbocycles. The van der Waals surface area contributed by atoms with E-state index in [2.05, 4.69) is 10.2 Å². The molecule has 0 bridgehead atoms. The standard InChI is InChI=1S/C20H19FN4O2/c21-15-5-4-8-18(13-15)24(16-9-11-27-12-10-16)20(26)19-14-22-25(23-19)17-6-2-1-3-7-17/h1-8,13-14,16H,9-12H2. The summed E-state index contributed by atoms with van der Waals surface area (Å²) in [6.45, 7) is 1.14. The third-order valence-corrected chi connectivity index (χ3v) is 4.56. The number of hydrogen-bond acceptors (Lipinski definition) is 4. The number of aromatic nitrogens is 3. The number of anilines is 1. The molecule has 1 saturated heterocycles. The predicted octanol–water partition coefficient (Wildman–Crippen LogP) is 3.23. The summed E-state index contributed by atoms with van der Waals surface area (Å²) in [6, 6.07) is 15.4. The molecule has 1 aliphatic rings. The van der Waals surface area contributed by atoms with Crippen LogP contribution in [0, 0.1) is 5.82 Å². The van der Waals surface area contributed by atoms with Gasteiger partial charge in [-0.3, -0.25) is 4.79 Å². The first-order valence-corrected chi connectivity index (χ1v) is 8.87. The lowest BCUT2D eigenvalue weighted by Crippen LogP contribution is -2.44. The van der Waals surface area contributed by atoms with Crippen molar-refractivity contribution in [2.75, 3.05) is 18.1 Å². The maximum absolute atomic E-state index is 13.8. The smallest absolute Gasteiger partial charge is 0.280 e. The molecule has 0 aliphatic carbocycles. The van der Waals surface area contributed by atoms with Crippen molar-refractivity contribution < 1.29 is 13.9 Å². The average Bonchev–Trinajstić information content (AvgIpc) is 3.20. The Morgan fingerprint density at radius 1 is 1.11 bits per heavy atom. The molecule has 0 atom stereocenters. The van der Waals surface area contributed by atoms with Gasteiger partial charge in [-0.15, -0.1) is 5.10 Å². The van der Waals surface area contributed by atoms with E-state index in [1.165, 1.54) is 23.1 Å². The highest BCUT2D eigenvalue weighted by Crippen LogP contribution is 2.25. The zero-order valence-corrected chi connectivity index (χ0v) is 14.7. The number of halogens is 1. The molecular weight excluding hydrogens is 347 g/mol. The number of ether oxygens (including phenoxy) is 1. The molecular formula is C20H19FN4O2. The minimum atomic E-state index is -0.384. The van der Waals surface area contributed by atoms with Crippen LogP contribution in [0.4, 0.5) is 10.1 Å². The van der Waals surface area contributed by atoms with E-state index in [1.807, 2.05) is 30.3 Å². The number of benzene rings is 2. The molecule has 3 aromatic rings. The number of carbonyl (C=O) groups excluding carboxylic acids is 1. The predicted molar refractivity (Wildman–Crippen MR) is 98.4 cm³/mol. The van der Waals surface area contributed by atoms with Crippen LogP contribution in [0.15, 0.2) is 60.8 Å². The Kier molecular flexibility index (Phi) is 4.93. The normalized spacial score (nSPS) is 14.9. The van der Waals surface area contributed by atoms with Gasteiger partial charge >= 0.3 is 0 Å². The highest BCUT2D eigenvalue weighted by molar-refractivity contribution is 6.05. The molecule has 1 fully saturated rings. The Balaban J connectivity index is 1.67. The fraction of sp³-hybridized carbons (Fsp3) is 0.250. The summed E-state index contributed by atoms with van der Waals surface area (Å²) < 4.78 is 19.2. The van der Waals surface area contributed by atoms with Gasteiger partial charge in [-0.05, 0) is 43.2 Å². The van der Waals surface area contributed by atoms with Gasteiger partial charge in [0.15, 0.2) is 5.69 Å². The van der Waals surface area contributed by atoms with E-state index >= 15 is 0 Å². The molecule has 2 aromatic carbocycles. The largest absolute Gasteiger partial charge is 0.381 e. The van der Waals surface area contributed by atoms with Gasteiger partial charge in [0.05, 0.1) is 11.9 Å². The number of para-hydroxylation sites is 1. The summed E-state index contributed by atoms with van der Waals surface area (Å²) in [5.41, 5.74) is 1.50. The maximum atomic E-state index is 13.8. The molecule has 4 rings (SSSR count). The summed E-state index contributed by atoms with van der Waals surface area (Å²) in [5, 5.41) is 8.54. The van der Waals surface area contributed by atoms with Crippen molar-refractivity contribution in [2.24, 2.45) is 0 Å². The van der Waals surface area contributed by atoms with E-state index in [1.54, 1.807) is 17.0 Å². The van der Waals surface area contributed by atoms with Crippen molar-refractivity contribution in [2.45, 2.75) is 18.9 Å². The van der Waals surface area contributed by atoms with Crippen LogP contribution in [0.3, 0.4) is 0 Å². The summed E-state index contributed by atoms with van der Waals surface area (Å²) >= 11 is 0. The van der Waals surface area contributed by atoms with E-state index in [0.29, 0.717) is 31.7 Å². The van der Waals surface area contributed by atoms with Crippen LogP contribution < -0.4 is 4.90 Å². The van der Waals surface area contributed by atoms with Gasteiger partial charge < -0.3 is 9.64 Å². The molecule has 0 spiro atoms. The number of amides is 1. The Morgan fingerprint density at radius 3 is 2.63 bits per heavy atom. The lowest BCUT2D eigenvalue weighted by atomic mass is 10.1. The molecule has 6 nitrogen and oxygen atoms in total. The van der Waals surface area contributed by atoms with Crippen molar-refractivity contribution >= 4 is 11.6 Å². The van der Waals surface area contributed by atoms with Crippen LogP contribution in [0.25, 0.3) is 5.69 Å². The zero-order valence-electron chi connectivity index (χ0n) is 14.7. The molecule has 1 amide bonds. The van der Waals surface area contributed by atoms with Gasteiger partial charge in [-0.1, -0.05) is 24.3 Å². The van der Waals surface area contributed by atoms with Crippen LogP contribution in [0.2, 0.25) is 0 Å². The first kappa shape index (κ1) is 17.4. The first-order chi connectivity index (χ1) is 13.2. The molecule has 0 radical (unpaired) electrons. The van der Waals surface area contributed by atoms with E-state index < -0.39 is 0 Å². The van der Waals surface area contributed by atoms with Crippen molar-refractivity contribution in [1.29, 1.82) is 0 Å². The number of nitrogens with zero attached hydrogens (tertiary/aromatic N) is 4. The second-order valence-corrected chi connectivity index (χ2v) is 6.35. The van der Waals surface area contributed by atoms with Gasteiger partial charge in [-0.25, -0.2) is 4.39 Å². The number of carbonyl (C=O) groups is 1. The molecule has 1 aromatic heterocycles. The van der Waals surface area contributed by atoms with Crippen molar-refractivity contribution in [3.05, 3.63) is 72.3 Å². The topological polar surface area (TPSA) is 60.2 Å². The molecule has 2 heterocycles. The highest BCUT2D eigenvalue weighted by atomic mass is 19.1. The first-order valence-electron chi connectivity index (χ1n) is 8.87. The number of hydrogen-bond donors (Lipinski definition) is 0. The quantitative estimate of drug-likeness (QED) is 0.711. The highest BCUT2D eigenvalue weighted by Gasteiger charge is 2.30. The minimum absolute atomic E-state index is 0.0741. The molecule has 0 N–H and O–H groups in total. The van der Waals surface area contributed by atoms with Crippen LogP contribution in [-0.4, -0.2) is 40.2 Å². The lowest BCUT2D eigenvalue weighted by Gasteiger charge is -2.33.